The lowest BCUT2D eigenvalue weighted by atomic mass is 9.89. The van der Waals surface area contributed by atoms with Crippen molar-refractivity contribution in [2.24, 2.45) is 0 Å². The highest BCUT2D eigenvalue weighted by Crippen LogP contribution is 2.33. The molecule has 1 aliphatic rings. The van der Waals surface area contributed by atoms with Crippen molar-refractivity contribution in [3.8, 4) is 6.07 Å². The fourth-order valence-electron chi connectivity index (χ4n) is 1.12. The average molecular weight is 180 g/mol. The second-order valence-electron chi connectivity index (χ2n) is 2.98. The van der Waals surface area contributed by atoms with Crippen LogP contribution in [0.1, 0.15) is 10.7 Å². The van der Waals surface area contributed by atoms with Crippen LogP contribution in [-0.4, -0.2) is 18.2 Å². The van der Waals surface area contributed by atoms with Crippen molar-refractivity contribution in [3.63, 3.8) is 0 Å². The van der Waals surface area contributed by atoms with Crippen molar-refractivity contribution >= 4 is 11.3 Å². The predicted octanol–water partition coefficient (Wildman–Crippen LogP) is 1.24. The van der Waals surface area contributed by atoms with E-state index in [0.717, 1.165) is 10.7 Å². The highest BCUT2D eigenvalue weighted by atomic mass is 32.1. The molecule has 0 saturated carbocycles. The van der Waals surface area contributed by atoms with Crippen LogP contribution in [0.15, 0.2) is 5.38 Å². The number of ether oxygens (including phenoxy) is 1. The van der Waals surface area contributed by atoms with Gasteiger partial charge in [0.1, 0.15) is 5.01 Å². The first-order valence-corrected chi connectivity index (χ1v) is 4.56. The number of aryl methyl sites for hydroxylation is 1. The third kappa shape index (κ3) is 0.942. The van der Waals surface area contributed by atoms with Gasteiger partial charge in [-0.05, 0) is 6.92 Å². The largest absolute Gasteiger partial charge is 0.377 e. The number of nitriles is 1. The van der Waals surface area contributed by atoms with E-state index in [1.54, 1.807) is 11.3 Å². The van der Waals surface area contributed by atoms with Crippen LogP contribution in [0.25, 0.3) is 0 Å². The molecular formula is C8H8N2OS. The van der Waals surface area contributed by atoms with Gasteiger partial charge < -0.3 is 4.74 Å². The Hall–Kier alpha value is -0.920. The molecule has 0 amide bonds. The third-order valence-electron chi connectivity index (χ3n) is 1.94. The zero-order valence-corrected chi connectivity index (χ0v) is 7.52. The third-order valence-corrected chi connectivity index (χ3v) is 3.10. The van der Waals surface area contributed by atoms with Crippen molar-refractivity contribution in [3.05, 3.63) is 16.1 Å². The molecule has 3 nitrogen and oxygen atoms in total. The van der Waals surface area contributed by atoms with Crippen LogP contribution in [0.4, 0.5) is 0 Å². The van der Waals surface area contributed by atoms with E-state index in [9.17, 15) is 0 Å². The SMILES string of the molecule is Cc1csc(C2(C#N)COC2)n1. The molecule has 0 radical (unpaired) electrons. The Bertz CT molecular complexity index is 335. The molecule has 1 aromatic rings. The maximum Gasteiger partial charge on any atom is 0.155 e. The first-order valence-electron chi connectivity index (χ1n) is 3.68. The summed E-state index contributed by atoms with van der Waals surface area (Å²) >= 11 is 1.54. The van der Waals surface area contributed by atoms with Crippen LogP contribution in [0.2, 0.25) is 0 Å². The molecule has 2 rings (SSSR count). The molecule has 1 aliphatic heterocycles. The molecule has 1 aromatic heterocycles. The van der Waals surface area contributed by atoms with Crippen LogP contribution in [-0.2, 0) is 10.2 Å². The van der Waals surface area contributed by atoms with Crippen molar-refractivity contribution in [2.75, 3.05) is 13.2 Å². The van der Waals surface area contributed by atoms with E-state index in [1.165, 1.54) is 0 Å². The normalized spacial score (nSPS) is 19.7. The molecule has 62 valence electrons. The molecule has 0 atom stereocenters. The number of nitrogens with zero attached hydrogens (tertiary/aromatic N) is 2. The fraction of sp³-hybridized carbons (Fsp3) is 0.500. The summed E-state index contributed by atoms with van der Waals surface area (Å²) in [6.45, 7) is 2.93. The first-order chi connectivity index (χ1) is 5.77. The fourth-order valence-corrected chi connectivity index (χ4v) is 2.04. The second-order valence-corrected chi connectivity index (χ2v) is 3.84. The highest BCUT2D eigenvalue weighted by molar-refractivity contribution is 7.09. The Morgan fingerprint density at radius 1 is 1.75 bits per heavy atom. The van der Waals surface area contributed by atoms with Gasteiger partial charge in [-0.3, -0.25) is 0 Å². The lowest BCUT2D eigenvalue weighted by Gasteiger charge is -2.32. The first kappa shape index (κ1) is 7.71. The molecule has 0 bridgehead atoms. The van der Waals surface area contributed by atoms with Gasteiger partial charge in [0, 0.05) is 11.1 Å². The zero-order chi connectivity index (χ0) is 8.60. The molecule has 0 N–H and O–H groups in total. The van der Waals surface area contributed by atoms with Gasteiger partial charge in [0.05, 0.1) is 19.3 Å². The zero-order valence-electron chi connectivity index (χ0n) is 6.70. The number of rotatable bonds is 1. The molecule has 1 fully saturated rings. The van der Waals surface area contributed by atoms with Crippen molar-refractivity contribution in [1.29, 1.82) is 5.26 Å². The van der Waals surface area contributed by atoms with E-state index in [2.05, 4.69) is 11.1 Å². The van der Waals surface area contributed by atoms with Crippen LogP contribution in [0.5, 0.6) is 0 Å². The van der Waals surface area contributed by atoms with Crippen LogP contribution >= 0.6 is 11.3 Å². The molecule has 1 saturated heterocycles. The Morgan fingerprint density at radius 2 is 2.50 bits per heavy atom. The standard InChI is InChI=1S/C8H8N2OS/c1-6-2-12-7(10-6)8(3-9)4-11-5-8/h2H,4-5H2,1H3. The van der Waals surface area contributed by atoms with Gasteiger partial charge in [0.15, 0.2) is 5.41 Å². The summed E-state index contributed by atoms with van der Waals surface area (Å²) in [6.07, 6.45) is 0. The second kappa shape index (κ2) is 2.54. The highest BCUT2D eigenvalue weighted by Gasteiger charge is 2.43. The lowest BCUT2D eigenvalue weighted by molar-refractivity contribution is -0.0299. The summed E-state index contributed by atoms with van der Waals surface area (Å²) in [4.78, 5) is 4.29. The smallest absolute Gasteiger partial charge is 0.155 e. The Balaban J connectivity index is 2.35. The number of thiazole rings is 1. The van der Waals surface area contributed by atoms with Crippen LogP contribution in [0, 0.1) is 18.3 Å². The van der Waals surface area contributed by atoms with E-state index in [-0.39, 0.29) is 0 Å². The van der Waals surface area contributed by atoms with Crippen molar-refractivity contribution in [2.45, 2.75) is 12.3 Å². The molecule has 4 heteroatoms. The molecule has 0 aromatic carbocycles. The summed E-state index contributed by atoms with van der Waals surface area (Å²) in [7, 11) is 0. The minimum absolute atomic E-state index is 0.432. The monoisotopic (exact) mass is 180 g/mol. The van der Waals surface area contributed by atoms with Crippen molar-refractivity contribution < 1.29 is 4.74 Å². The minimum atomic E-state index is -0.432. The number of aromatic nitrogens is 1. The summed E-state index contributed by atoms with van der Waals surface area (Å²) in [5, 5.41) is 11.8. The van der Waals surface area contributed by atoms with Gasteiger partial charge in [-0.15, -0.1) is 11.3 Å². The van der Waals surface area contributed by atoms with Gasteiger partial charge in [0.2, 0.25) is 0 Å². The topological polar surface area (TPSA) is 45.9 Å². The Kier molecular flexibility index (Phi) is 1.63. The minimum Gasteiger partial charge on any atom is -0.377 e. The van der Waals surface area contributed by atoms with Gasteiger partial charge in [-0.25, -0.2) is 4.98 Å². The maximum absolute atomic E-state index is 8.94. The van der Waals surface area contributed by atoms with E-state index in [4.69, 9.17) is 10.00 Å². The molecular weight excluding hydrogens is 172 g/mol. The predicted molar refractivity (Wildman–Crippen MR) is 45.0 cm³/mol. The van der Waals surface area contributed by atoms with E-state index in [0.29, 0.717) is 13.2 Å². The summed E-state index contributed by atoms with van der Waals surface area (Å²) in [6, 6.07) is 2.27. The Labute approximate surface area is 74.6 Å². The van der Waals surface area contributed by atoms with Crippen molar-refractivity contribution in [1.82, 2.24) is 4.98 Å². The van der Waals surface area contributed by atoms with Gasteiger partial charge >= 0.3 is 0 Å². The van der Waals surface area contributed by atoms with E-state index in [1.807, 2.05) is 12.3 Å². The van der Waals surface area contributed by atoms with E-state index >= 15 is 0 Å². The van der Waals surface area contributed by atoms with Gasteiger partial charge in [0.25, 0.3) is 0 Å². The van der Waals surface area contributed by atoms with Crippen LogP contribution in [0.3, 0.4) is 0 Å². The molecule has 2 heterocycles. The lowest BCUT2D eigenvalue weighted by Crippen LogP contribution is -2.45. The Morgan fingerprint density at radius 3 is 2.83 bits per heavy atom. The number of hydrogen-bond acceptors (Lipinski definition) is 4. The molecule has 0 unspecified atom stereocenters. The van der Waals surface area contributed by atoms with Crippen LogP contribution < -0.4 is 0 Å². The van der Waals surface area contributed by atoms with Gasteiger partial charge in [-0.1, -0.05) is 0 Å². The summed E-state index contributed by atoms with van der Waals surface area (Å²) in [5.41, 5.74) is 0.551. The summed E-state index contributed by atoms with van der Waals surface area (Å²) < 4.78 is 5.04. The quantitative estimate of drug-likeness (QED) is 0.653. The molecule has 0 aliphatic carbocycles. The summed E-state index contributed by atoms with van der Waals surface area (Å²) in [5.74, 6) is 0. The van der Waals surface area contributed by atoms with Gasteiger partial charge in [-0.2, -0.15) is 5.26 Å². The van der Waals surface area contributed by atoms with E-state index < -0.39 is 5.41 Å². The maximum atomic E-state index is 8.94. The molecule has 0 spiro atoms. The molecule has 12 heavy (non-hydrogen) atoms. The average Bonchev–Trinajstić information content (AvgIpc) is 2.35. The number of hydrogen-bond donors (Lipinski definition) is 0.